The largest absolute Gasteiger partial charge is 0.339 e. The van der Waals surface area contributed by atoms with Crippen molar-refractivity contribution in [3.63, 3.8) is 0 Å². The number of aromatic amines is 1. The molecule has 0 saturated carbocycles. The molecule has 0 bridgehead atoms. The Bertz CT molecular complexity index is 975. The van der Waals surface area contributed by atoms with Gasteiger partial charge >= 0.3 is 0 Å². The maximum atomic E-state index is 12.1. The van der Waals surface area contributed by atoms with Crippen LogP contribution in [0.25, 0.3) is 22.6 Å². The van der Waals surface area contributed by atoms with Crippen LogP contribution in [-0.4, -0.2) is 31.0 Å². The van der Waals surface area contributed by atoms with E-state index >= 15 is 0 Å². The van der Waals surface area contributed by atoms with Crippen molar-refractivity contribution in [1.82, 2.24) is 25.1 Å². The lowest BCUT2D eigenvalue weighted by Crippen LogP contribution is -2.13. The zero-order chi connectivity index (χ0) is 17.1. The van der Waals surface area contributed by atoms with Crippen LogP contribution < -0.4 is 5.32 Å². The molecule has 8 heteroatoms. The highest BCUT2D eigenvalue weighted by Gasteiger charge is 2.12. The molecule has 4 rings (SSSR count). The molecule has 0 aliphatic carbocycles. The van der Waals surface area contributed by atoms with Crippen LogP contribution in [-0.2, 0) is 11.2 Å². The first kappa shape index (κ1) is 15.0. The number of aromatic nitrogens is 5. The molecule has 0 aliphatic heterocycles. The van der Waals surface area contributed by atoms with E-state index in [0.29, 0.717) is 29.8 Å². The Morgan fingerprint density at radius 3 is 2.84 bits per heavy atom. The number of carbonyl (C=O) groups is 1. The van der Waals surface area contributed by atoms with Crippen molar-refractivity contribution in [2.75, 3.05) is 5.32 Å². The summed E-state index contributed by atoms with van der Waals surface area (Å²) >= 11 is 0. The Hall–Kier alpha value is -3.55. The quantitative estimate of drug-likeness (QED) is 0.580. The summed E-state index contributed by atoms with van der Waals surface area (Å²) in [5.74, 6) is 1.04. The number of para-hydroxylation sites is 2. The van der Waals surface area contributed by atoms with Crippen molar-refractivity contribution in [2.24, 2.45) is 0 Å². The molecule has 0 atom stereocenters. The van der Waals surface area contributed by atoms with E-state index in [0.717, 1.165) is 11.0 Å². The van der Waals surface area contributed by atoms with E-state index in [4.69, 9.17) is 4.52 Å². The molecule has 0 spiro atoms. The van der Waals surface area contributed by atoms with Crippen LogP contribution in [0.5, 0.6) is 0 Å². The number of fused-ring (bicyclic) bond motifs is 1. The molecule has 3 aromatic heterocycles. The van der Waals surface area contributed by atoms with Crippen molar-refractivity contribution >= 4 is 22.9 Å². The molecule has 0 unspecified atom stereocenters. The van der Waals surface area contributed by atoms with E-state index < -0.39 is 0 Å². The number of hydrogen-bond acceptors (Lipinski definition) is 6. The van der Waals surface area contributed by atoms with Crippen molar-refractivity contribution in [3.8, 4) is 11.5 Å². The first-order valence-corrected chi connectivity index (χ1v) is 7.76. The Morgan fingerprint density at radius 2 is 2.00 bits per heavy atom. The van der Waals surface area contributed by atoms with Crippen molar-refractivity contribution < 1.29 is 9.32 Å². The number of carbonyl (C=O) groups excluding carboxylic acids is 1. The van der Waals surface area contributed by atoms with Gasteiger partial charge in [0.2, 0.25) is 23.6 Å². The molecule has 124 valence electrons. The Morgan fingerprint density at radius 1 is 1.12 bits per heavy atom. The van der Waals surface area contributed by atoms with Gasteiger partial charge in [-0.25, -0.2) is 4.98 Å². The predicted molar refractivity (Wildman–Crippen MR) is 90.6 cm³/mol. The van der Waals surface area contributed by atoms with Gasteiger partial charge in [0.25, 0.3) is 0 Å². The minimum absolute atomic E-state index is 0.184. The van der Waals surface area contributed by atoms with Crippen LogP contribution >= 0.6 is 0 Å². The van der Waals surface area contributed by atoms with Crippen LogP contribution in [0, 0.1) is 0 Å². The average Bonchev–Trinajstić information content (AvgIpc) is 3.27. The number of amides is 1. The average molecular weight is 334 g/mol. The first-order valence-electron chi connectivity index (χ1n) is 7.76. The van der Waals surface area contributed by atoms with Crippen molar-refractivity contribution in [3.05, 3.63) is 54.6 Å². The normalized spacial score (nSPS) is 10.9. The van der Waals surface area contributed by atoms with E-state index in [-0.39, 0.29) is 12.3 Å². The zero-order valence-corrected chi connectivity index (χ0v) is 13.1. The lowest BCUT2D eigenvalue weighted by molar-refractivity contribution is -0.116. The smallest absolute Gasteiger partial charge is 0.227 e. The SMILES string of the molecule is O=C(CCc1nc(-c2ccccn2)no1)Nc1nc2ccccc2[nH]1. The zero-order valence-electron chi connectivity index (χ0n) is 13.1. The molecule has 8 nitrogen and oxygen atoms in total. The lowest BCUT2D eigenvalue weighted by Gasteiger charge is -1.99. The second-order valence-electron chi connectivity index (χ2n) is 5.38. The van der Waals surface area contributed by atoms with E-state index in [2.05, 4.69) is 30.4 Å². The number of nitrogens with one attached hydrogen (secondary N) is 2. The summed E-state index contributed by atoms with van der Waals surface area (Å²) in [6, 6.07) is 13.0. The number of rotatable bonds is 5. The maximum absolute atomic E-state index is 12.1. The van der Waals surface area contributed by atoms with E-state index in [9.17, 15) is 4.79 Å². The van der Waals surface area contributed by atoms with Crippen LogP contribution in [0.2, 0.25) is 0 Å². The Balaban J connectivity index is 1.36. The molecule has 0 radical (unpaired) electrons. The minimum atomic E-state index is -0.184. The summed E-state index contributed by atoms with van der Waals surface area (Å²) in [6.45, 7) is 0. The second-order valence-corrected chi connectivity index (χ2v) is 5.38. The van der Waals surface area contributed by atoms with Gasteiger partial charge in [-0.2, -0.15) is 4.98 Å². The van der Waals surface area contributed by atoms with Crippen LogP contribution in [0.3, 0.4) is 0 Å². The third-order valence-electron chi connectivity index (χ3n) is 3.58. The number of pyridine rings is 1. The molecule has 25 heavy (non-hydrogen) atoms. The molecule has 0 aliphatic rings. The standard InChI is InChI=1S/C17H14N6O2/c24-14(21-17-19-11-5-1-2-6-12(11)20-17)8-9-15-22-16(23-25-15)13-7-3-4-10-18-13/h1-7,10H,8-9H2,(H2,19,20,21,24). The summed E-state index contributed by atoms with van der Waals surface area (Å²) in [6.07, 6.45) is 2.21. The van der Waals surface area contributed by atoms with Gasteiger partial charge in [-0.1, -0.05) is 23.4 Å². The lowest BCUT2D eigenvalue weighted by atomic mass is 10.3. The predicted octanol–water partition coefficient (Wildman–Crippen LogP) is 2.58. The third kappa shape index (κ3) is 3.37. The van der Waals surface area contributed by atoms with Gasteiger partial charge in [0, 0.05) is 19.0 Å². The van der Waals surface area contributed by atoms with Gasteiger partial charge in [-0.05, 0) is 24.3 Å². The first-order chi connectivity index (χ1) is 12.3. The molecule has 4 aromatic rings. The van der Waals surface area contributed by atoms with E-state index in [1.807, 2.05) is 36.4 Å². The van der Waals surface area contributed by atoms with Gasteiger partial charge in [-0.3, -0.25) is 15.1 Å². The highest BCUT2D eigenvalue weighted by molar-refractivity contribution is 5.91. The van der Waals surface area contributed by atoms with Crippen LogP contribution in [0.1, 0.15) is 12.3 Å². The molecular weight excluding hydrogens is 320 g/mol. The fraction of sp³-hybridized carbons (Fsp3) is 0.118. The number of nitrogens with zero attached hydrogens (tertiary/aromatic N) is 4. The Labute approximate surface area is 142 Å². The van der Waals surface area contributed by atoms with Gasteiger partial charge in [-0.15, -0.1) is 0 Å². The monoisotopic (exact) mass is 334 g/mol. The summed E-state index contributed by atoms with van der Waals surface area (Å²) in [4.78, 5) is 27.8. The molecule has 0 saturated heterocycles. The van der Waals surface area contributed by atoms with Gasteiger partial charge < -0.3 is 9.51 Å². The molecule has 1 amide bonds. The number of aryl methyl sites for hydroxylation is 1. The molecule has 2 N–H and O–H groups in total. The summed E-state index contributed by atoms with van der Waals surface area (Å²) in [7, 11) is 0. The molecule has 3 heterocycles. The fourth-order valence-corrected chi connectivity index (χ4v) is 2.38. The number of hydrogen-bond donors (Lipinski definition) is 2. The topological polar surface area (TPSA) is 110 Å². The number of H-pyrrole nitrogens is 1. The van der Waals surface area contributed by atoms with Crippen LogP contribution in [0.15, 0.2) is 53.2 Å². The highest BCUT2D eigenvalue weighted by atomic mass is 16.5. The summed E-state index contributed by atoms with van der Waals surface area (Å²) in [5.41, 5.74) is 2.30. The van der Waals surface area contributed by atoms with Gasteiger partial charge in [0.05, 0.1) is 11.0 Å². The van der Waals surface area contributed by atoms with Crippen molar-refractivity contribution in [2.45, 2.75) is 12.8 Å². The summed E-state index contributed by atoms with van der Waals surface area (Å²) in [5, 5.41) is 6.61. The number of anilines is 1. The van der Waals surface area contributed by atoms with E-state index in [1.165, 1.54) is 0 Å². The van der Waals surface area contributed by atoms with Crippen molar-refractivity contribution in [1.29, 1.82) is 0 Å². The van der Waals surface area contributed by atoms with Crippen LogP contribution in [0.4, 0.5) is 5.95 Å². The molecule has 0 fully saturated rings. The van der Waals surface area contributed by atoms with E-state index in [1.54, 1.807) is 12.3 Å². The molecular formula is C17H14N6O2. The maximum Gasteiger partial charge on any atom is 0.227 e. The third-order valence-corrected chi connectivity index (χ3v) is 3.58. The number of imidazole rings is 1. The van der Waals surface area contributed by atoms with Gasteiger partial charge in [0.15, 0.2) is 0 Å². The minimum Gasteiger partial charge on any atom is -0.339 e. The second kappa shape index (κ2) is 6.52. The summed E-state index contributed by atoms with van der Waals surface area (Å²) < 4.78 is 5.16. The highest BCUT2D eigenvalue weighted by Crippen LogP contribution is 2.15. The fourth-order valence-electron chi connectivity index (χ4n) is 2.38. The van der Waals surface area contributed by atoms with Gasteiger partial charge in [0.1, 0.15) is 5.69 Å². The number of benzene rings is 1. The molecule has 1 aromatic carbocycles. The Kier molecular flexibility index (Phi) is 3.91.